The van der Waals surface area contributed by atoms with E-state index in [1.807, 2.05) is 12.1 Å². The Bertz CT molecular complexity index is 1260. The van der Waals surface area contributed by atoms with E-state index in [1.165, 1.54) is 24.4 Å². The van der Waals surface area contributed by atoms with Crippen LogP contribution in [-0.4, -0.2) is 10.8 Å². The van der Waals surface area contributed by atoms with Crippen molar-refractivity contribution in [1.82, 2.24) is 4.98 Å². The largest absolute Gasteiger partial charge is 0.417 e. The number of nitrogens with zero attached hydrogens (tertiary/aromatic N) is 1. The summed E-state index contributed by atoms with van der Waals surface area (Å²) < 4.78 is 41.2. The molecule has 0 fully saturated rings. The number of hydrogen-bond donors (Lipinski definition) is 1. The third-order valence-electron chi connectivity index (χ3n) is 5.08. The van der Waals surface area contributed by atoms with E-state index >= 15 is 0 Å². The number of benzene rings is 3. The molecule has 0 aliphatic carbocycles. The van der Waals surface area contributed by atoms with Gasteiger partial charge in [-0.05, 0) is 47.0 Å². The van der Waals surface area contributed by atoms with Gasteiger partial charge in [-0.2, -0.15) is 13.2 Å². The molecule has 0 spiro atoms. The summed E-state index contributed by atoms with van der Waals surface area (Å²) in [5, 5.41) is 3.82. The number of rotatable bonds is 6. The van der Waals surface area contributed by atoms with Crippen LogP contribution in [-0.2, 0) is 12.7 Å². The second-order valence-corrected chi connectivity index (χ2v) is 7.80. The van der Waals surface area contributed by atoms with Crippen molar-refractivity contribution < 1.29 is 18.0 Å². The zero-order chi connectivity index (χ0) is 23.4. The number of alkyl halides is 3. The molecule has 0 saturated heterocycles. The number of ketones is 1. The Kier molecular flexibility index (Phi) is 6.47. The highest BCUT2D eigenvalue weighted by Crippen LogP contribution is 2.38. The van der Waals surface area contributed by atoms with Crippen molar-refractivity contribution in [2.45, 2.75) is 12.7 Å². The SMILES string of the molecule is O=C(c1ccc(-c2ccccc2)c(C(F)(F)F)c1)c1ccc(NCc2ccc(Cl)cc2)cn1. The zero-order valence-electron chi connectivity index (χ0n) is 17.2. The summed E-state index contributed by atoms with van der Waals surface area (Å²) in [4.78, 5) is 17.0. The first-order valence-corrected chi connectivity index (χ1v) is 10.4. The van der Waals surface area contributed by atoms with Gasteiger partial charge in [-0.1, -0.05) is 66.2 Å². The molecule has 4 aromatic rings. The Morgan fingerprint density at radius 2 is 1.64 bits per heavy atom. The molecule has 0 atom stereocenters. The lowest BCUT2D eigenvalue weighted by Gasteiger charge is -2.14. The highest BCUT2D eigenvalue weighted by atomic mass is 35.5. The van der Waals surface area contributed by atoms with Crippen molar-refractivity contribution in [2.75, 3.05) is 5.32 Å². The van der Waals surface area contributed by atoms with Gasteiger partial charge in [0.25, 0.3) is 0 Å². The lowest BCUT2D eigenvalue weighted by molar-refractivity contribution is -0.137. The fraction of sp³-hybridized carbons (Fsp3) is 0.0769. The van der Waals surface area contributed by atoms with E-state index in [0.29, 0.717) is 22.8 Å². The predicted molar refractivity (Wildman–Crippen MR) is 123 cm³/mol. The maximum Gasteiger partial charge on any atom is 0.417 e. The van der Waals surface area contributed by atoms with E-state index in [9.17, 15) is 18.0 Å². The fourth-order valence-corrected chi connectivity index (χ4v) is 3.50. The van der Waals surface area contributed by atoms with Crippen molar-refractivity contribution in [3.63, 3.8) is 0 Å². The summed E-state index contributed by atoms with van der Waals surface area (Å²) in [6.45, 7) is 0.530. The third kappa shape index (κ3) is 5.41. The van der Waals surface area contributed by atoms with Gasteiger partial charge in [0.2, 0.25) is 5.78 Å². The Morgan fingerprint density at radius 3 is 2.27 bits per heavy atom. The van der Waals surface area contributed by atoms with Gasteiger partial charge in [0.1, 0.15) is 5.69 Å². The number of hydrogen-bond acceptors (Lipinski definition) is 3. The van der Waals surface area contributed by atoms with Crippen molar-refractivity contribution in [2.24, 2.45) is 0 Å². The van der Waals surface area contributed by atoms with Gasteiger partial charge in [-0.15, -0.1) is 0 Å². The first kappa shape index (κ1) is 22.6. The van der Waals surface area contributed by atoms with Crippen LogP contribution in [0.2, 0.25) is 5.02 Å². The van der Waals surface area contributed by atoms with Crippen molar-refractivity contribution in [1.29, 1.82) is 0 Å². The van der Waals surface area contributed by atoms with Crippen LogP contribution in [0.15, 0.2) is 91.1 Å². The van der Waals surface area contributed by atoms with E-state index in [4.69, 9.17) is 11.6 Å². The number of carbonyl (C=O) groups excluding carboxylic acids is 1. The number of halogens is 4. The first-order chi connectivity index (χ1) is 15.8. The molecule has 0 aliphatic heterocycles. The van der Waals surface area contributed by atoms with Gasteiger partial charge >= 0.3 is 6.18 Å². The molecular formula is C26H18ClF3N2O. The smallest absolute Gasteiger partial charge is 0.380 e. The molecule has 7 heteroatoms. The van der Waals surface area contributed by atoms with Gasteiger partial charge in [-0.3, -0.25) is 9.78 Å². The molecule has 0 unspecified atom stereocenters. The summed E-state index contributed by atoms with van der Waals surface area (Å²) in [5.41, 5.74) is 1.27. The standard InChI is InChI=1S/C26H18ClF3N2O/c27-20-9-6-17(7-10-20)15-31-21-11-13-24(32-16-21)25(33)19-8-12-22(18-4-2-1-3-5-18)23(14-19)26(28,29)30/h1-14,16,31H,15H2. The highest BCUT2D eigenvalue weighted by Gasteiger charge is 2.34. The zero-order valence-corrected chi connectivity index (χ0v) is 18.0. The van der Waals surface area contributed by atoms with Crippen LogP contribution in [0.1, 0.15) is 27.2 Å². The Morgan fingerprint density at radius 1 is 0.909 bits per heavy atom. The Labute approximate surface area is 193 Å². The van der Waals surface area contributed by atoms with Crippen LogP contribution in [0, 0.1) is 0 Å². The highest BCUT2D eigenvalue weighted by molar-refractivity contribution is 6.30. The average molecular weight is 467 g/mol. The minimum Gasteiger partial charge on any atom is -0.380 e. The molecule has 0 aliphatic rings. The third-order valence-corrected chi connectivity index (χ3v) is 5.33. The number of anilines is 1. The van der Waals surface area contributed by atoms with Crippen LogP contribution in [0.25, 0.3) is 11.1 Å². The Balaban J connectivity index is 1.54. The van der Waals surface area contributed by atoms with Crippen LogP contribution in [0.4, 0.5) is 18.9 Å². The molecule has 1 N–H and O–H groups in total. The van der Waals surface area contributed by atoms with E-state index in [1.54, 1.807) is 48.5 Å². The number of nitrogens with one attached hydrogen (secondary N) is 1. The van der Waals surface area contributed by atoms with Gasteiger partial charge in [-0.25, -0.2) is 0 Å². The second-order valence-electron chi connectivity index (χ2n) is 7.37. The molecule has 3 aromatic carbocycles. The van der Waals surface area contributed by atoms with E-state index in [-0.39, 0.29) is 16.8 Å². The number of carbonyl (C=O) groups is 1. The molecule has 1 heterocycles. The maximum absolute atomic E-state index is 13.7. The molecule has 4 rings (SSSR count). The quantitative estimate of drug-likeness (QED) is 0.304. The minimum atomic E-state index is -4.61. The van der Waals surface area contributed by atoms with Crippen LogP contribution < -0.4 is 5.32 Å². The molecule has 0 bridgehead atoms. The Hall–Kier alpha value is -3.64. The summed E-state index contributed by atoms with van der Waals surface area (Å²) in [7, 11) is 0. The molecule has 0 amide bonds. The van der Waals surface area contributed by atoms with Gasteiger partial charge in [0, 0.05) is 17.1 Å². The maximum atomic E-state index is 13.7. The molecule has 166 valence electrons. The van der Waals surface area contributed by atoms with Crippen molar-refractivity contribution >= 4 is 23.1 Å². The minimum absolute atomic E-state index is 0.0226. The number of pyridine rings is 1. The summed E-state index contributed by atoms with van der Waals surface area (Å²) >= 11 is 5.88. The summed E-state index contributed by atoms with van der Waals surface area (Å²) in [5.74, 6) is -0.579. The molecule has 3 nitrogen and oxygen atoms in total. The van der Waals surface area contributed by atoms with Crippen LogP contribution in [0.3, 0.4) is 0 Å². The van der Waals surface area contributed by atoms with Gasteiger partial charge < -0.3 is 5.32 Å². The van der Waals surface area contributed by atoms with E-state index in [0.717, 1.165) is 11.6 Å². The molecule has 0 saturated carbocycles. The molecular weight excluding hydrogens is 449 g/mol. The fourth-order valence-electron chi connectivity index (χ4n) is 3.38. The molecule has 0 radical (unpaired) electrons. The number of aromatic nitrogens is 1. The molecule has 33 heavy (non-hydrogen) atoms. The van der Waals surface area contributed by atoms with E-state index in [2.05, 4.69) is 10.3 Å². The molecule has 1 aromatic heterocycles. The van der Waals surface area contributed by atoms with Crippen molar-refractivity contribution in [3.05, 3.63) is 119 Å². The van der Waals surface area contributed by atoms with Gasteiger partial charge in [0.15, 0.2) is 0 Å². The van der Waals surface area contributed by atoms with Crippen molar-refractivity contribution in [3.8, 4) is 11.1 Å². The lowest BCUT2D eigenvalue weighted by Crippen LogP contribution is -2.11. The average Bonchev–Trinajstić information content (AvgIpc) is 2.83. The normalized spacial score (nSPS) is 11.3. The van der Waals surface area contributed by atoms with Crippen LogP contribution in [0.5, 0.6) is 0 Å². The second kappa shape index (κ2) is 9.46. The van der Waals surface area contributed by atoms with Gasteiger partial charge in [0.05, 0.1) is 17.4 Å². The van der Waals surface area contributed by atoms with E-state index < -0.39 is 17.5 Å². The first-order valence-electron chi connectivity index (χ1n) is 10.1. The predicted octanol–water partition coefficient (Wildman–Crippen LogP) is 7.26. The monoisotopic (exact) mass is 466 g/mol. The van der Waals surface area contributed by atoms with Crippen LogP contribution >= 0.6 is 11.6 Å². The summed E-state index contributed by atoms with van der Waals surface area (Å²) in [6, 6.07) is 22.4. The topological polar surface area (TPSA) is 42.0 Å². The summed E-state index contributed by atoms with van der Waals surface area (Å²) in [6.07, 6.45) is -3.13. The lowest BCUT2D eigenvalue weighted by atomic mass is 9.95.